The van der Waals surface area contributed by atoms with Crippen molar-refractivity contribution in [3.05, 3.63) is 89.5 Å². The van der Waals surface area contributed by atoms with Gasteiger partial charge < -0.3 is 10.1 Å². The Balaban J connectivity index is 1.34. The Bertz CT molecular complexity index is 1110. The highest BCUT2D eigenvalue weighted by atomic mass is 32.2. The fourth-order valence-electron chi connectivity index (χ4n) is 3.31. The van der Waals surface area contributed by atoms with Crippen LogP contribution in [0.5, 0.6) is 5.75 Å². The van der Waals surface area contributed by atoms with Crippen LogP contribution in [0.2, 0.25) is 0 Å². The minimum atomic E-state index is -0.248. The van der Waals surface area contributed by atoms with Crippen molar-refractivity contribution in [1.82, 2.24) is 4.90 Å². The molecular formula is C24H20N2O4S. The molecule has 1 N–H and O–H groups in total. The lowest BCUT2D eigenvalue weighted by Crippen LogP contribution is -2.31. The van der Waals surface area contributed by atoms with E-state index in [1.165, 1.54) is 16.7 Å². The quantitative estimate of drug-likeness (QED) is 0.444. The molecule has 31 heavy (non-hydrogen) atoms. The van der Waals surface area contributed by atoms with E-state index >= 15 is 0 Å². The summed E-state index contributed by atoms with van der Waals surface area (Å²) in [6.45, 7) is 0.319. The number of nitrogens with zero attached hydrogens (tertiary/aromatic N) is 1. The Kier molecular flexibility index (Phi) is 6.04. The third-order valence-corrected chi connectivity index (χ3v) is 5.88. The number of rotatable bonds is 7. The third kappa shape index (κ3) is 4.46. The van der Waals surface area contributed by atoms with Crippen LogP contribution in [0.15, 0.2) is 77.7 Å². The molecule has 156 valence electrons. The minimum absolute atomic E-state index is 0.212. The minimum Gasteiger partial charge on any atom is -0.497 e. The highest BCUT2D eigenvalue weighted by molar-refractivity contribution is 7.99. The number of hydrogen-bond acceptors (Lipinski definition) is 5. The number of hydrogen-bond donors (Lipinski definition) is 1. The van der Waals surface area contributed by atoms with Crippen LogP contribution in [0.1, 0.15) is 31.1 Å². The number of fused-ring (bicyclic) bond motifs is 1. The molecule has 4 rings (SSSR count). The molecule has 0 radical (unpaired) electrons. The Morgan fingerprint density at radius 1 is 0.935 bits per heavy atom. The largest absolute Gasteiger partial charge is 0.497 e. The summed E-state index contributed by atoms with van der Waals surface area (Å²) in [5.41, 5.74) is 2.12. The number of imide groups is 1. The van der Waals surface area contributed by atoms with Crippen LogP contribution in [-0.4, -0.2) is 42.0 Å². The SMILES string of the molecule is COc1ccc(C(=O)Nc2cccc(SCCN3C(=O)c4ccccc4C3=O)c2)cc1. The number of methoxy groups -OCH3 is 1. The maximum absolute atomic E-state index is 12.5. The Morgan fingerprint density at radius 2 is 1.61 bits per heavy atom. The Hall–Kier alpha value is -3.58. The van der Waals surface area contributed by atoms with E-state index in [9.17, 15) is 14.4 Å². The number of benzene rings is 3. The van der Waals surface area contributed by atoms with Crippen LogP contribution in [-0.2, 0) is 0 Å². The molecule has 0 bridgehead atoms. The number of carbonyl (C=O) groups is 3. The molecule has 7 heteroatoms. The molecule has 0 aliphatic carbocycles. The molecule has 0 saturated carbocycles. The average molecular weight is 433 g/mol. The summed E-state index contributed by atoms with van der Waals surface area (Å²) in [5, 5.41) is 2.88. The second-order valence-electron chi connectivity index (χ2n) is 6.87. The Labute approximate surface area is 184 Å². The number of thioether (sulfide) groups is 1. The Morgan fingerprint density at radius 3 is 2.26 bits per heavy atom. The van der Waals surface area contributed by atoms with Crippen LogP contribution >= 0.6 is 11.8 Å². The number of amides is 3. The predicted molar refractivity (Wildman–Crippen MR) is 120 cm³/mol. The van der Waals surface area contributed by atoms with Crippen molar-refractivity contribution in [2.45, 2.75) is 4.90 Å². The van der Waals surface area contributed by atoms with Gasteiger partial charge >= 0.3 is 0 Å². The zero-order chi connectivity index (χ0) is 21.8. The van der Waals surface area contributed by atoms with Crippen LogP contribution in [0.4, 0.5) is 5.69 Å². The summed E-state index contributed by atoms with van der Waals surface area (Å²) < 4.78 is 5.11. The molecular weight excluding hydrogens is 412 g/mol. The molecule has 1 heterocycles. The van der Waals surface area contributed by atoms with Gasteiger partial charge in [0.25, 0.3) is 17.7 Å². The van der Waals surface area contributed by atoms with Gasteiger partial charge in [0.15, 0.2) is 0 Å². The number of ether oxygens (including phenoxy) is 1. The van der Waals surface area contributed by atoms with Crippen molar-refractivity contribution < 1.29 is 19.1 Å². The highest BCUT2D eigenvalue weighted by Crippen LogP contribution is 2.26. The molecule has 0 atom stereocenters. The maximum atomic E-state index is 12.5. The van der Waals surface area contributed by atoms with Gasteiger partial charge in [-0.25, -0.2) is 0 Å². The van der Waals surface area contributed by atoms with Crippen LogP contribution < -0.4 is 10.1 Å². The second kappa shape index (κ2) is 9.06. The second-order valence-corrected chi connectivity index (χ2v) is 8.03. The van der Waals surface area contributed by atoms with Gasteiger partial charge in [-0.3, -0.25) is 19.3 Å². The van der Waals surface area contributed by atoms with Crippen molar-refractivity contribution in [1.29, 1.82) is 0 Å². The van der Waals surface area contributed by atoms with E-state index in [2.05, 4.69) is 5.32 Å². The van der Waals surface area contributed by atoms with Crippen molar-refractivity contribution in [2.75, 3.05) is 24.7 Å². The van der Waals surface area contributed by atoms with E-state index in [-0.39, 0.29) is 17.7 Å². The van der Waals surface area contributed by atoms with Gasteiger partial charge in [-0.05, 0) is 54.6 Å². The first-order chi connectivity index (χ1) is 15.1. The van der Waals surface area contributed by atoms with Gasteiger partial charge in [0.1, 0.15) is 5.75 Å². The van der Waals surface area contributed by atoms with Gasteiger partial charge in [0.2, 0.25) is 0 Å². The lowest BCUT2D eigenvalue weighted by molar-refractivity contribution is 0.0664. The fourth-order valence-corrected chi connectivity index (χ4v) is 4.20. The average Bonchev–Trinajstić information content (AvgIpc) is 3.04. The lowest BCUT2D eigenvalue weighted by Gasteiger charge is -2.13. The molecule has 0 saturated heterocycles. The maximum Gasteiger partial charge on any atom is 0.261 e. The van der Waals surface area contributed by atoms with E-state index in [0.29, 0.717) is 40.4 Å². The molecule has 0 spiro atoms. The van der Waals surface area contributed by atoms with Crippen LogP contribution in [0.3, 0.4) is 0 Å². The molecule has 3 aromatic rings. The smallest absolute Gasteiger partial charge is 0.261 e. The van der Waals surface area contributed by atoms with Crippen molar-refractivity contribution >= 4 is 35.2 Å². The van der Waals surface area contributed by atoms with E-state index in [1.54, 1.807) is 55.6 Å². The first kappa shape index (κ1) is 20.7. The molecule has 3 amide bonds. The topological polar surface area (TPSA) is 75.7 Å². The first-order valence-corrected chi connectivity index (χ1v) is 10.7. The van der Waals surface area contributed by atoms with Gasteiger partial charge in [-0.2, -0.15) is 0 Å². The summed E-state index contributed by atoms with van der Waals surface area (Å²) >= 11 is 1.52. The molecule has 0 unspecified atom stereocenters. The molecule has 0 aromatic heterocycles. The predicted octanol–water partition coefficient (Wildman–Crippen LogP) is 4.34. The van der Waals surface area contributed by atoms with Gasteiger partial charge in [-0.1, -0.05) is 18.2 Å². The zero-order valence-electron chi connectivity index (χ0n) is 16.8. The van der Waals surface area contributed by atoms with E-state index < -0.39 is 0 Å². The summed E-state index contributed by atoms with van der Waals surface area (Å²) in [7, 11) is 1.58. The van der Waals surface area contributed by atoms with Crippen LogP contribution in [0.25, 0.3) is 0 Å². The van der Waals surface area contributed by atoms with Gasteiger partial charge in [-0.15, -0.1) is 11.8 Å². The summed E-state index contributed by atoms with van der Waals surface area (Å²) in [6.07, 6.45) is 0. The highest BCUT2D eigenvalue weighted by Gasteiger charge is 2.34. The van der Waals surface area contributed by atoms with E-state index in [4.69, 9.17) is 4.74 Å². The zero-order valence-corrected chi connectivity index (χ0v) is 17.6. The molecule has 0 fully saturated rings. The molecule has 6 nitrogen and oxygen atoms in total. The monoisotopic (exact) mass is 432 g/mol. The van der Waals surface area contributed by atoms with Gasteiger partial charge in [0.05, 0.1) is 18.2 Å². The van der Waals surface area contributed by atoms with Crippen molar-refractivity contribution in [2.24, 2.45) is 0 Å². The first-order valence-electron chi connectivity index (χ1n) is 9.70. The fraction of sp³-hybridized carbons (Fsp3) is 0.125. The van der Waals surface area contributed by atoms with Crippen LogP contribution in [0, 0.1) is 0 Å². The molecule has 3 aromatic carbocycles. The summed E-state index contributed by atoms with van der Waals surface area (Å²) in [6, 6.07) is 21.2. The standard InChI is InChI=1S/C24H20N2O4S/c1-30-18-11-9-16(10-12-18)22(27)25-17-5-4-6-19(15-17)31-14-13-26-23(28)20-7-2-3-8-21(20)24(26)29/h2-12,15H,13-14H2,1H3,(H,25,27). The van der Waals surface area contributed by atoms with Crippen molar-refractivity contribution in [3.8, 4) is 5.75 Å². The third-order valence-electron chi connectivity index (χ3n) is 4.91. The normalized spacial score (nSPS) is 12.6. The van der Waals surface area contributed by atoms with E-state index in [0.717, 1.165) is 4.90 Å². The van der Waals surface area contributed by atoms with Crippen molar-refractivity contribution in [3.63, 3.8) is 0 Å². The summed E-state index contributed by atoms with van der Waals surface area (Å²) in [5.74, 6) is 0.536. The number of anilines is 1. The number of carbonyl (C=O) groups excluding carboxylic acids is 3. The molecule has 1 aliphatic rings. The number of nitrogens with one attached hydrogen (secondary N) is 1. The summed E-state index contributed by atoms with van der Waals surface area (Å²) in [4.78, 5) is 39.6. The lowest BCUT2D eigenvalue weighted by atomic mass is 10.1. The molecule has 1 aliphatic heterocycles. The van der Waals surface area contributed by atoms with Gasteiger partial charge in [0, 0.05) is 28.4 Å². The van der Waals surface area contributed by atoms with E-state index in [1.807, 2.05) is 24.3 Å².